The van der Waals surface area contributed by atoms with Gasteiger partial charge < -0.3 is 5.32 Å². The maximum atomic E-state index is 12.5. The van der Waals surface area contributed by atoms with Crippen molar-refractivity contribution in [1.82, 2.24) is 9.62 Å². The van der Waals surface area contributed by atoms with E-state index in [-0.39, 0.29) is 5.54 Å². The number of hydrogen-bond donors (Lipinski definition) is 1. The van der Waals surface area contributed by atoms with Crippen LogP contribution in [0.25, 0.3) is 0 Å². The van der Waals surface area contributed by atoms with Gasteiger partial charge in [0.05, 0.1) is 3.79 Å². The van der Waals surface area contributed by atoms with E-state index in [0.717, 1.165) is 9.35 Å². The first kappa shape index (κ1) is 14.5. The van der Waals surface area contributed by atoms with Crippen molar-refractivity contribution in [3.63, 3.8) is 0 Å². The molecular weight excluding hydrogens is 336 g/mol. The van der Waals surface area contributed by atoms with Crippen LogP contribution in [0.4, 0.5) is 0 Å². The van der Waals surface area contributed by atoms with E-state index in [1.54, 1.807) is 10.4 Å². The second-order valence-corrected chi connectivity index (χ2v) is 9.71. The molecule has 0 unspecified atom stereocenters. The molecule has 2 rings (SSSR count). The molecule has 0 bridgehead atoms. The molecule has 102 valence electrons. The molecule has 1 N–H and O–H groups in total. The highest BCUT2D eigenvalue weighted by molar-refractivity contribution is 9.11. The summed E-state index contributed by atoms with van der Waals surface area (Å²) in [6, 6.07) is 1.74. The SMILES string of the molecule is Cc1cc(S(=O)(=O)N2CCNC(C)(C)C2)sc1Br. The van der Waals surface area contributed by atoms with Gasteiger partial charge in [0, 0.05) is 25.2 Å². The number of piperazine rings is 1. The molecule has 1 fully saturated rings. The quantitative estimate of drug-likeness (QED) is 0.887. The number of nitrogens with zero attached hydrogens (tertiary/aromatic N) is 1. The van der Waals surface area contributed by atoms with Crippen molar-refractivity contribution in [1.29, 1.82) is 0 Å². The van der Waals surface area contributed by atoms with Gasteiger partial charge in [0.25, 0.3) is 10.0 Å². The summed E-state index contributed by atoms with van der Waals surface area (Å²) < 4.78 is 27.9. The van der Waals surface area contributed by atoms with Crippen molar-refractivity contribution in [3.05, 3.63) is 15.4 Å². The van der Waals surface area contributed by atoms with Gasteiger partial charge in [0.1, 0.15) is 4.21 Å². The largest absolute Gasteiger partial charge is 0.309 e. The lowest BCUT2D eigenvalue weighted by atomic mass is 10.0. The maximum absolute atomic E-state index is 12.5. The fourth-order valence-corrected chi connectivity index (χ4v) is 5.97. The Morgan fingerprint density at radius 3 is 2.67 bits per heavy atom. The summed E-state index contributed by atoms with van der Waals surface area (Å²) >= 11 is 4.66. The van der Waals surface area contributed by atoms with Gasteiger partial charge in [0.2, 0.25) is 0 Å². The van der Waals surface area contributed by atoms with Gasteiger partial charge >= 0.3 is 0 Å². The second-order valence-electron chi connectivity index (χ2n) is 5.17. The smallest absolute Gasteiger partial charge is 0.252 e. The third kappa shape index (κ3) is 2.80. The molecule has 1 aromatic heterocycles. The molecule has 1 aliphatic rings. The van der Waals surface area contributed by atoms with Crippen LogP contribution < -0.4 is 5.32 Å². The summed E-state index contributed by atoms with van der Waals surface area (Å²) in [5, 5.41) is 3.32. The molecule has 0 aliphatic carbocycles. The van der Waals surface area contributed by atoms with Crippen molar-refractivity contribution < 1.29 is 8.42 Å². The molecule has 1 aliphatic heterocycles. The van der Waals surface area contributed by atoms with Gasteiger partial charge in [-0.1, -0.05) is 0 Å². The minimum atomic E-state index is -3.35. The molecule has 1 aromatic rings. The van der Waals surface area contributed by atoms with Crippen LogP contribution in [-0.4, -0.2) is 37.9 Å². The van der Waals surface area contributed by atoms with Crippen LogP contribution in [0.5, 0.6) is 0 Å². The highest BCUT2D eigenvalue weighted by Crippen LogP contribution is 2.33. The highest BCUT2D eigenvalue weighted by atomic mass is 79.9. The van der Waals surface area contributed by atoms with E-state index in [0.29, 0.717) is 23.8 Å². The Kier molecular flexibility index (Phi) is 3.91. The standard InChI is InChI=1S/C11H17BrN2O2S2/c1-8-6-9(17-10(8)12)18(15,16)14-5-4-13-11(2,3)7-14/h6,13H,4-5,7H2,1-3H3. The molecule has 1 saturated heterocycles. The lowest BCUT2D eigenvalue weighted by Crippen LogP contribution is -2.58. The van der Waals surface area contributed by atoms with Crippen molar-refractivity contribution >= 4 is 37.3 Å². The van der Waals surface area contributed by atoms with E-state index in [2.05, 4.69) is 21.2 Å². The van der Waals surface area contributed by atoms with Gasteiger partial charge in [-0.15, -0.1) is 11.3 Å². The fraction of sp³-hybridized carbons (Fsp3) is 0.636. The first-order chi connectivity index (χ1) is 8.22. The van der Waals surface area contributed by atoms with Crippen LogP contribution >= 0.6 is 27.3 Å². The third-order valence-corrected chi connectivity index (χ3v) is 7.40. The number of nitrogens with one attached hydrogen (secondary N) is 1. The van der Waals surface area contributed by atoms with Gasteiger partial charge in [0.15, 0.2) is 0 Å². The molecule has 7 heteroatoms. The zero-order valence-corrected chi connectivity index (χ0v) is 13.9. The van der Waals surface area contributed by atoms with Gasteiger partial charge in [-0.05, 0) is 48.3 Å². The topological polar surface area (TPSA) is 49.4 Å². The lowest BCUT2D eigenvalue weighted by molar-refractivity contribution is 0.234. The molecular formula is C11H17BrN2O2S2. The van der Waals surface area contributed by atoms with E-state index in [4.69, 9.17) is 0 Å². The van der Waals surface area contributed by atoms with Crippen LogP contribution in [0.3, 0.4) is 0 Å². The summed E-state index contributed by atoms with van der Waals surface area (Å²) in [5.41, 5.74) is 0.794. The van der Waals surface area contributed by atoms with Crippen LogP contribution in [0.2, 0.25) is 0 Å². The van der Waals surface area contributed by atoms with Crippen LogP contribution in [-0.2, 0) is 10.0 Å². The Bertz CT molecular complexity index is 532. The van der Waals surface area contributed by atoms with Crippen molar-refractivity contribution in [2.75, 3.05) is 19.6 Å². The number of aryl methyl sites for hydroxylation is 1. The third-order valence-electron chi connectivity index (χ3n) is 2.97. The average molecular weight is 353 g/mol. The first-order valence-corrected chi connectivity index (χ1v) is 8.78. The molecule has 0 amide bonds. The number of hydrogen-bond acceptors (Lipinski definition) is 4. The van der Waals surface area contributed by atoms with Crippen molar-refractivity contribution in [2.45, 2.75) is 30.5 Å². The van der Waals surface area contributed by atoms with Gasteiger partial charge in [-0.3, -0.25) is 0 Å². The minimum absolute atomic E-state index is 0.172. The number of thiophene rings is 1. The summed E-state index contributed by atoms with van der Waals surface area (Å²) in [4.78, 5) is 0. The molecule has 0 aromatic carbocycles. The molecule has 0 radical (unpaired) electrons. The summed E-state index contributed by atoms with van der Waals surface area (Å²) in [6.07, 6.45) is 0. The lowest BCUT2D eigenvalue weighted by Gasteiger charge is -2.37. The molecule has 0 spiro atoms. The van der Waals surface area contributed by atoms with E-state index >= 15 is 0 Å². The number of halogens is 1. The van der Waals surface area contributed by atoms with Crippen LogP contribution in [0, 0.1) is 6.92 Å². The normalized spacial score (nSPS) is 21.1. The second kappa shape index (κ2) is 4.86. The van der Waals surface area contributed by atoms with Gasteiger partial charge in [-0.2, -0.15) is 4.31 Å². The predicted octanol–water partition coefficient (Wildman–Crippen LogP) is 2.19. The Morgan fingerprint density at radius 2 is 2.17 bits per heavy atom. The maximum Gasteiger partial charge on any atom is 0.252 e. The Balaban J connectivity index is 2.31. The van der Waals surface area contributed by atoms with Crippen molar-refractivity contribution in [2.24, 2.45) is 0 Å². The Labute approximate surface area is 121 Å². The van der Waals surface area contributed by atoms with E-state index in [1.807, 2.05) is 20.8 Å². The molecule has 4 nitrogen and oxygen atoms in total. The van der Waals surface area contributed by atoms with Gasteiger partial charge in [-0.25, -0.2) is 8.42 Å². The number of sulfonamides is 1. The zero-order chi connectivity index (χ0) is 13.6. The Morgan fingerprint density at radius 1 is 1.50 bits per heavy atom. The molecule has 0 saturated carbocycles. The van der Waals surface area contributed by atoms with Crippen molar-refractivity contribution in [3.8, 4) is 0 Å². The predicted molar refractivity (Wildman–Crippen MR) is 77.6 cm³/mol. The highest BCUT2D eigenvalue weighted by Gasteiger charge is 2.34. The summed E-state index contributed by atoms with van der Waals surface area (Å²) in [5.74, 6) is 0. The average Bonchev–Trinajstić information content (AvgIpc) is 2.58. The molecule has 2 heterocycles. The van der Waals surface area contributed by atoms with Crippen LogP contribution in [0.15, 0.2) is 14.1 Å². The number of rotatable bonds is 2. The Hall–Kier alpha value is 0.0500. The first-order valence-electron chi connectivity index (χ1n) is 5.73. The summed E-state index contributed by atoms with van der Waals surface area (Å²) in [7, 11) is -3.35. The zero-order valence-electron chi connectivity index (χ0n) is 10.7. The van der Waals surface area contributed by atoms with E-state index < -0.39 is 10.0 Å². The summed E-state index contributed by atoms with van der Waals surface area (Å²) in [6.45, 7) is 7.66. The van der Waals surface area contributed by atoms with E-state index in [9.17, 15) is 8.42 Å². The van der Waals surface area contributed by atoms with Crippen LogP contribution in [0.1, 0.15) is 19.4 Å². The fourth-order valence-electron chi connectivity index (χ4n) is 1.99. The molecule has 0 atom stereocenters. The minimum Gasteiger partial charge on any atom is -0.309 e. The monoisotopic (exact) mass is 352 g/mol. The van der Waals surface area contributed by atoms with E-state index in [1.165, 1.54) is 11.3 Å². The molecule has 18 heavy (non-hydrogen) atoms.